The van der Waals surface area contributed by atoms with Crippen molar-refractivity contribution in [3.63, 3.8) is 0 Å². The van der Waals surface area contributed by atoms with E-state index in [1.165, 1.54) is 0 Å². The molecular weight excluding hydrogens is 282 g/mol. The van der Waals surface area contributed by atoms with E-state index in [0.717, 1.165) is 18.4 Å². The molecule has 1 amide bonds. The predicted molar refractivity (Wildman–Crippen MR) is 82.4 cm³/mol. The second kappa shape index (κ2) is 8.54. The Labute approximate surface area is 130 Å². The molecule has 1 heterocycles. The van der Waals surface area contributed by atoms with Gasteiger partial charge in [-0.3, -0.25) is 9.59 Å². The largest absolute Gasteiger partial charge is 0.481 e. The fraction of sp³-hybridized carbons (Fsp3) is 0.529. The van der Waals surface area contributed by atoms with Crippen LogP contribution >= 0.6 is 0 Å². The van der Waals surface area contributed by atoms with Crippen LogP contribution in [0.3, 0.4) is 0 Å². The maximum Gasteiger partial charge on any atom is 0.308 e. The molecule has 1 saturated heterocycles. The fourth-order valence-electron chi connectivity index (χ4n) is 2.79. The van der Waals surface area contributed by atoms with Crippen molar-refractivity contribution >= 4 is 11.9 Å². The number of carboxylic acid groups (broad SMARTS) is 1. The number of benzene rings is 1. The zero-order valence-electron chi connectivity index (χ0n) is 12.7. The SMILES string of the molecule is O=C(CCc1ccccc1)NCC(C(=O)O)C1CCOCC1. The van der Waals surface area contributed by atoms with E-state index in [-0.39, 0.29) is 18.4 Å². The third kappa shape index (κ3) is 5.15. The molecule has 0 aromatic heterocycles. The van der Waals surface area contributed by atoms with Gasteiger partial charge in [-0.2, -0.15) is 0 Å². The Morgan fingerprint density at radius 2 is 1.91 bits per heavy atom. The van der Waals surface area contributed by atoms with E-state index < -0.39 is 11.9 Å². The van der Waals surface area contributed by atoms with E-state index in [0.29, 0.717) is 26.1 Å². The van der Waals surface area contributed by atoms with Gasteiger partial charge in [-0.15, -0.1) is 0 Å². The van der Waals surface area contributed by atoms with Crippen molar-refractivity contribution < 1.29 is 19.4 Å². The van der Waals surface area contributed by atoms with E-state index in [4.69, 9.17) is 4.74 Å². The summed E-state index contributed by atoms with van der Waals surface area (Å²) in [6, 6.07) is 9.79. The summed E-state index contributed by atoms with van der Waals surface area (Å²) in [5.41, 5.74) is 1.11. The van der Waals surface area contributed by atoms with Gasteiger partial charge in [0.1, 0.15) is 0 Å². The van der Waals surface area contributed by atoms with Crippen molar-refractivity contribution in [1.29, 1.82) is 0 Å². The minimum absolute atomic E-state index is 0.0840. The number of hydrogen-bond donors (Lipinski definition) is 2. The molecular formula is C17H23NO4. The highest BCUT2D eigenvalue weighted by Crippen LogP contribution is 2.23. The number of carboxylic acids is 1. The molecule has 0 spiro atoms. The number of rotatable bonds is 7. The van der Waals surface area contributed by atoms with Crippen molar-refractivity contribution in [3.8, 4) is 0 Å². The number of nitrogens with one attached hydrogen (secondary N) is 1. The molecule has 120 valence electrons. The Bertz CT molecular complexity index is 483. The lowest BCUT2D eigenvalue weighted by molar-refractivity contribution is -0.144. The fourth-order valence-corrected chi connectivity index (χ4v) is 2.79. The smallest absolute Gasteiger partial charge is 0.308 e. The van der Waals surface area contributed by atoms with Gasteiger partial charge in [-0.25, -0.2) is 0 Å². The number of aliphatic carboxylic acids is 1. The summed E-state index contributed by atoms with van der Waals surface area (Å²) in [4.78, 5) is 23.3. The molecule has 1 fully saturated rings. The lowest BCUT2D eigenvalue weighted by atomic mass is 9.86. The second-order valence-corrected chi connectivity index (χ2v) is 5.68. The predicted octanol–water partition coefficient (Wildman–Crippen LogP) is 1.86. The average molecular weight is 305 g/mol. The number of aryl methyl sites for hydroxylation is 1. The Balaban J connectivity index is 1.76. The van der Waals surface area contributed by atoms with E-state index >= 15 is 0 Å². The number of ether oxygens (including phenoxy) is 1. The van der Waals surface area contributed by atoms with Gasteiger partial charge >= 0.3 is 5.97 Å². The van der Waals surface area contributed by atoms with Crippen molar-refractivity contribution in [2.75, 3.05) is 19.8 Å². The monoisotopic (exact) mass is 305 g/mol. The topological polar surface area (TPSA) is 75.6 Å². The molecule has 2 rings (SSSR count). The van der Waals surface area contributed by atoms with Gasteiger partial charge in [-0.1, -0.05) is 30.3 Å². The first-order valence-electron chi connectivity index (χ1n) is 7.78. The highest BCUT2D eigenvalue weighted by Gasteiger charge is 2.29. The van der Waals surface area contributed by atoms with Crippen LogP contribution in [0.1, 0.15) is 24.8 Å². The van der Waals surface area contributed by atoms with Crippen LogP contribution in [0.2, 0.25) is 0 Å². The van der Waals surface area contributed by atoms with Crippen molar-refractivity contribution in [3.05, 3.63) is 35.9 Å². The van der Waals surface area contributed by atoms with Crippen LogP contribution in [0.4, 0.5) is 0 Å². The Hall–Kier alpha value is -1.88. The molecule has 1 aromatic carbocycles. The molecule has 2 N–H and O–H groups in total. The van der Waals surface area contributed by atoms with Crippen LogP contribution in [0.5, 0.6) is 0 Å². The minimum atomic E-state index is -0.838. The molecule has 1 aromatic rings. The molecule has 22 heavy (non-hydrogen) atoms. The molecule has 1 atom stereocenters. The number of carbonyl (C=O) groups is 2. The zero-order valence-corrected chi connectivity index (χ0v) is 12.7. The number of amides is 1. The molecule has 0 radical (unpaired) electrons. The lowest BCUT2D eigenvalue weighted by Crippen LogP contribution is -2.39. The van der Waals surface area contributed by atoms with Gasteiger partial charge in [0, 0.05) is 26.2 Å². The first-order valence-corrected chi connectivity index (χ1v) is 7.78. The quantitative estimate of drug-likeness (QED) is 0.806. The molecule has 0 saturated carbocycles. The van der Waals surface area contributed by atoms with Gasteiger partial charge in [0.2, 0.25) is 5.91 Å². The Morgan fingerprint density at radius 1 is 1.23 bits per heavy atom. The Kier molecular flexibility index (Phi) is 6.40. The summed E-state index contributed by atoms with van der Waals surface area (Å²) < 4.78 is 5.26. The van der Waals surface area contributed by atoms with E-state index in [1.807, 2.05) is 30.3 Å². The normalized spacial score (nSPS) is 16.9. The van der Waals surface area contributed by atoms with Gasteiger partial charge in [-0.05, 0) is 30.7 Å². The molecule has 1 aliphatic heterocycles. The maximum atomic E-state index is 11.9. The second-order valence-electron chi connectivity index (χ2n) is 5.68. The Morgan fingerprint density at radius 3 is 2.55 bits per heavy atom. The molecule has 0 aliphatic carbocycles. The van der Waals surface area contributed by atoms with Crippen molar-refractivity contribution in [1.82, 2.24) is 5.32 Å². The first kappa shape index (κ1) is 16.5. The third-order valence-corrected chi connectivity index (χ3v) is 4.15. The van der Waals surface area contributed by atoms with E-state index in [9.17, 15) is 14.7 Å². The molecule has 1 unspecified atom stereocenters. The van der Waals surface area contributed by atoms with Gasteiger partial charge in [0.25, 0.3) is 0 Å². The third-order valence-electron chi connectivity index (χ3n) is 4.15. The van der Waals surface area contributed by atoms with Gasteiger partial charge in [0.15, 0.2) is 0 Å². The van der Waals surface area contributed by atoms with Gasteiger partial charge in [0.05, 0.1) is 5.92 Å². The van der Waals surface area contributed by atoms with Crippen LogP contribution in [-0.4, -0.2) is 36.7 Å². The first-order chi connectivity index (χ1) is 10.7. The molecule has 5 nitrogen and oxygen atoms in total. The highest BCUT2D eigenvalue weighted by molar-refractivity contribution is 5.77. The summed E-state index contributed by atoms with van der Waals surface area (Å²) in [7, 11) is 0. The molecule has 1 aliphatic rings. The summed E-state index contributed by atoms with van der Waals surface area (Å²) >= 11 is 0. The minimum Gasteiger partial charge on any atom is -0.481 e. The summed E-state index contributed by atoms with van der Waals surface area (Å²) in [6.07, 6.45) is 2.54. The van der Waals surface area contributed by atoms with Crippen LogP contribution in [-0.2, 0) is 20.7 Å². The lowest BCUT2D eigenvalue weighted by Gasteiger charge is -2.27. The number of hydrogen-bond acceptors (Lipinski definition) is 3. The van der Waals surface area contributed by atoms with Gasteiger partial charge < -0.3 is 15.2 Å². The van der Waals surface area contributed by atoms with E-state index in [1.54, 1.807) is 0 Å². The van der Waals surface area contributed by atoms with Crippen LogP contribution < -0.4 is 5.32 Å². The molecule has 0 bridgehead atoms. The zero-order chi connectivity index (χ0) is 15.8. The summed E-state index contributed by atoms with van der Waals surface area (Å²) in [5, 5.41) is 12.1. The van der Waals surface area contributed by atoms with Crippen LogP contribution in [0.15, 0.2) is 30.3 Å². The summed E-state index contributed by atoms with van der Waals surface area (Å²) in [5.74, 6) is -1.37. The number of carbonyl (C=O) groups excluding carboxylic acids is 1. The summed E-state index contributed by atoms with van der Waals surface area (Å²) in [6.45, 7) is 1.42. The average Bonchev–Trinajstić information content (AvgIpc) is 2.55. The van der Waals surface area contributed by atoms with E-state index in [2.05, 4.69) is 5.32 Å². The highest BCUT2D eigenvalue weighted by atomic mass is 16.5. The standard InChI is InChI=1S/C17H23NO4/c19-16(7-6-13-4-2-1-3-5-13)18-12-15(17(20)21)14-8-10-22-11-9-14/h1-5,14-15H,6-12H2,(H,18,19)(H,20,21). The van der Waals surface area contributed by atoms with Crippen LogP contribution in [0, 0.1) is 11.8 Å². The maximum absolute atomic E-state index is 11.9. The van der Waals surface area contributed by atoms with Crippen molar-refractivity contribution in [2.45, 2.75) is 25.7 Å². The van der Waals surface area contributed by atoms with Crippen LogP contribution in [0.25, 0.3) is 0 Å². The molecule has 5 heteroatoms. The van der Waals surface area contributed by atoms with Crippen molar-refractivity contribution in [2.24, 2.45) is 11.8 Å².